The molecule has 122 valence electrons. The zero-order valence-corrected chi connectivity index (χ0v) is 13.2. The van der Waals surface area contributed by atoms with E-state index in [4.69, 9.17) is 0 Å². The number of urea groups is 1. The topological polar surface area (TPSA) is 116 Å². The summed E-state index contributed by atoms with van der Waals surface area (Å²) in [7, 11) is -3.27. The van der Waals surface area contributed by atoms with Gasteiger partial charge in [-0.3, -0.25) is 4.79 Å². The summed E-state index contributed by atoms with van der Waals surface area (Å²) < 4.78 is 24.0. The maximum absolute atomic E-state index is 11.9. The van der Waals surface area contributed by atoms with Crippen molar-refractivity contribution in [3.05, 3.63) is 0 Å². The van der Waals surface area contributed by atoms with Crippen LogP contribution in [-0.2, 0) is 14.8 Å². The maximum atomic E-state index is 11.9. The molecule has 8 nitrogen and oxygen atoms in total. The Morgan fingerprint density at radius 3 is 2.52 bits per heavy atom. The lowest BCUT2D eigenvalue weighted by Gasteiger charge is -2.24. The fourth-order valence-electron chi connectivity index (χ4n) is 2.53. The Balaban J connectivity index is 2.45. The van der Waals surface area contributed by atoms with Crippen LogP contribution in [0.15, 0.2) is 0 Å². The van der Waals surface area contributed by atoms with E-state index in [1.807, 2.05) is 6.92 Å². The first-order valence-electron chi connectivity index (χ1n) is 6.91. The molecule has 0 aromatic heterocycles. The van der Waals surface area contributed by atoms with Gasteiger partial charge in [0.25, 0.3) is 0 Å². The number of hydrogen-bond donors (Lipinski definition) is 3. The molecule has 1 rings (SSSR count). The van der Waals surface area contributed by atoms with Gasteiger partial charge in [0.1, 0.15) is 0 Å². The number of carboxylic acid groups (broad SMARTS) is 1. The number of nitrogens with zero attached hydrogens (tertiary/aromatic N) is 1. The first-order valence-corrected chi connectivity index (χ1v) is 8.80. The second-order valence-electron chi connectivity index (χ2n) is 5.41. The van der Waals surface area contributed by atoms with E-state index in [2.05, 4.69) is 10.0 Å². The number of hydrogen-bond acceptors (Lipinski definition) is 4. The van der Waals surface area contributed by atoms with Crippen LogP contribution in [0.25, 0.3) is 0 Å². The smallest absolute Gasteiger partial charge is 0.317 e. The fraction of sp³-hybridized carbons (Fsp3) is 0.833. The van der Waals surface area contributed by atoms with Gasteiger partial charge < -0.3 is 15.3 Å². The summed E-state index contributed by atoms with van der Waals surface area (Å²) in [4.78, 5) is 24.8. The Bertz CT molecular complexity index is 493. The standard InChI is InChI=1S/C12H23N3O5S/c1-3-4-12(10(16)17)5-8-15(9-12)11(18)13-6-7-14-21(2,19)20/h14H,3-9H2,1-2H3,(H,13,18)(H,16,17). The minimum absolute atomic E-state index is 0.109. The van der Waals surface area contributed by atoms with Crippen LogP contribution in [0.5, 0.6) is 0 Å². The Hall–Kier alpha value is -1.35. The van der Waals surface area contributed by atoms with E-state index in [0.29, 0.717) is 19.4 Å². The molecule has 1 unspecified atom stereocenters. The van der Waals surface area contributed by atoms with E-state index in [-0.39, 0.29) is 25.7 Å². The SMILES string of the molecule is CCCC1(C(=O)O)CCN(C(=O)NCCNS(C)(=O)=O)C1. The van der Waals surface area contributed by atoms with E-state index in [0.717, 1.165) is 12.7 Å². The molecule has 1 aliphatic rings. The zero-order chi connectivity index (χ0) is 16.1. The van der Waals surface area contributed by atoms with Crippen molar-refractivity contribution in [2.24, 2.45) is 5.41 Å². The molecule has 1 heterocycles. The summed E-state index contributed by atoms with van der Waals surface area (Å²) in [5.41, 5.74) is -0.850. The number of sulfonamides is 1. The molecule has 0 aromatic rings. The molecular formula is C12H23N3O5S. The molecule has 0 aromatic carbocycles. The monoisotopic (exact) mass is 321 g/mol. The molecule has 9 heteroatoms. The van der Waals surface area contributed by atoms with Crippen LogP contribution >= 0.6 is 0 Å². The van der Waals surface area contributed by atoms with Crippen molar-refractivity contribution >= 4 is 22.0 Å². The summed E-state index contributed by atoms with van der Waals surface area (Å²) in [6, 6.07) is -0.357. The average Bonchev–Trinajstić information content (AvgIpc) is 2.79. The van der Waals surface area contributed by atoms with Crippen LogP contribution in [0, 0.1) is 5.41 Å². The van der Waals surface area contributed by atoms with Gasteiger partial charge in [-0.05, 0) is 12.8 Å². The van der Waals surface area contributed by atoms with Crippen molar-refractivity contribution in [2.75, 3.05) is 32.4 Å². The first kappa shape index (κ1) is 17.7. The minimum Gasteiger partial charge on any atom is -0.481 e. The van der Waals surface area contributed by atoms with E-state index in [9.17, 15) is 23.1 Å². The van der Waals surface area contributed by atoms with Crippen molar-refractivity contribution < 1.29 is 23.1 Å². The van der Waals surface area contributed by atoms with Crippen LogP contribution in [0.1, 0.15) is 26.2 Å². The largest absolute Gasteiger partial charge is 0.481 e. The van der Waals surface area contributed by atoms with Gasteiger partial charge in [0.05, 0.1) is 11.7 Å². The lowest BCUT2D eigenvalue weighted by atomic mass is 9.83. The Morgan fingerprint density at radius 1 is 1.33 bits per heavy atom. The summed E-state index contributed by atoms with van der Waals surface area (Å²) in [5.74, 6) is -0.863. The van der Waals surface area contributed by atoms with E-state index in [1.165, 1.54) is 4.90 Å². The molecular weight excluding hydrogens is 298 g/mol. The van der Waals surface area contributed by atoms with Crippen molar-refractivity contribution in [3.8, 4) is 0 Å². The highest BCUT2D eigenvalue weighted by atomic mass is 32.2. The second-order valence-corrected chi connectivity index (χ2v) is 7.24. The summed E-state index contributed by atoms with van der Waals surface area (Å²) in [5, 5.41) is 11.9. The molecule has 2 amide bonds. The van der Waals surface area contributed by atoms with Gasteiger partial charge >= 0.3 is 12.0 Å². The van der Waals surface area contributed by atoms with Crippen molar-refractivity contribution in [3.63, 3.8) is 0 Å². The van der Waals surface area contributed by atoms with Crippen LogP contribution in [0.4, 0.5) is 4.79 Å². The number of likely N-dealkylation sites (tertiary alicyclic amines) is 1. The third kappa shape index (κ3) is 5.16. The quantitative estimate of drug-likeness (QED) is 0.563. The lowest BCUT2D eigenvalue weighted by Crippen LogP contribution is -2.43. The second kappa shape index (κ2) is 7.08. The number of amides is 2. The summed E-state index contributed by atoms with van der Waals surface area (Å²) in [6.45, 7) is 2.79. The molecule has 0 radical (unpaired) electrons. The summed E-state index contributed by atoms with van der Waals surface area (Å²) >= 11 is 0. The molecule has 1 atom stereocenters. The van der Waals surface area contributed by atoms with Gasteiger partial charge in [-0.2, -0.15) is 0 Å². The molecule has 0 aliphatic carbocycles. The zero-order valence-electron chi connectivity index (χ0n) is 12.4. The normalized spacial score (nSPS) is 22.3. The average molecular weight is 321 g/mol. The van der Waals surface area contributed by atoms with Gasteiger partial charge in [0.15, 0.2) is 0 Å². The van der Waals surface area contributed by atoms with Crippen LogP contribution in [0.2, 0.25) is 0 Å². The molecule has 0 spiro atoms. The highest BCUT2D eigenvalue weighted by Crippen LogP contribution is 2.35. The van der Waals surface area contributed by atoms with Crippen LogP contribution in [-0.4, -0.2) is 62.9 Å². The molecule has 1 fully saturated rings. The molecule has 0 saturated carbocycles. The van der Waals surface area contributed by atoms with Gasteiger partial charge in [-0.1, -0.05) is 13.3 Å². The van der Waals surface area contributed by atoms with Crippen molar-refractivity contribution in [1.82, 2.24) is 14.9 Å². The number of aliphatic carboxylic acids is 1. The first-order chi connectivity index (χ1) is 9.70. The number of carboxylic acids is 1. The minimum atomic E-state index is -3.27. The van der Waals surface area contributed by atoms with Gasteiger partial charge in [-0.25, -0.2) is 17.9 Å². The number of rotatable bonds is 7. The van der Waals surface area contributed by atoms with Crippen molar-refractivity contribution in [2.45, 2.75) is 26.2 Å². The number of nitrogens with one attached hydrogen (secondary N) is 2. The predicted octanol–water partition coefficient (Wildman–Crippen LogP) is -0.178. The van der Waals surface area contributed by atoms with Crippen molar-refractivity contribution in [1.29, 1.82) is 0 Å². The molecule has 3 N–H and O–H groups in total. The summed E-state index contributed by atoms with van der Waals surface area (Å²) in [6.07, 6.45) is 2.79. The van der Waals surface area contributed by atoms with E-state index < -0.39 is 21.4 Å². The Morgan fingerprint density at radius 2 is 2.00 bits per heavy atom. The third-order valence-corrected chi connectivity index (χ3v) is 4.32. The molecule has 1 saturated heterocycles. The van der Waals surface area contributed by atoms with Gasteiger partial charge in [0.2, 0.25) is 10.0 Å². The maximum Gasteiger partial charge on any atom is 0.317 e. The highest BCUT2D eigenvalue weighted by Gasteiger charge is 2.45. The Labute approximate surface area is 124 Å². The van der Waals surface area contributed by atoms with Crippen LogP contribution < -0.4 is 10.0 Å². The van der Waals surface area contributed by atoms with E-state index in [1.54, 1.807) is 0 Å². The molecule has 0 bridgehead atoms. The Kier molecular flexibility index (Phi) is 5.97. The fourth-order valence-corrected chi connectivity index (χ4v) is 3.00. The third-order valence-electron chi connectivity index (χ3n) is 3.59. The molecule has 1 aliphatic heterocycles. The number of carbonyl (C=O) groups is 2. The van der Waals surface area contributed by atoms with Gasteiger partial charge in [0, 0.05) is 26.2 Å². The molecule has 21 heavy (non-hydrogen) atoms. The van der Waals surface area contributed by atoms with Crippen LogP contribution in [0.3, 0.4) is 0 Å². The predicted molar refractivity (Wildman–Crippen MR) is 77.4 cm³/mol. The number of carbonyl (C=O) groups excluding carboxylic acids is 1. The van der Waals surface area contributed by atoms with Gasteiger partial charge in [-0.15, -0.1) is 0 Å². The lowest BCUT2D eigenvalue weighted by molar-refractivity contribution is -0.148. The van der Waals surface area contributed by atoms with E-state index >= 15 is 0 Å². The highest BCUT2D eigenvalue weighted by molar-refractivity contribution is 7.88.